The summed E-state index contributed by atoms with van der Waals surface area (Å²) in [6.07, 6.45) is 3.19. The first-order chi connectivity index (χ1) is 7.36. The molecule has 1 N–H and O–H groups in total. The summed E-state index contributed by atoms with van der Waals surface area (Å²) in [4.78, 5) is 2.44. The zero-order valence-corrected chi connectivity index (χ0v) is 9.10. The summed E-state index contributed by atoms with van der Waals surface area (Å²) in [6.45, 7) is 3.44. The standard InChI is InChI=1S/C13H19NO/c15-13(12-6-2-1-3-7-12)8-11-14-9-4-5-10-14/h1-3,6-7,13,15H,4-5,8-11H2/t13-/m1/s1. The van der Waals surface area contributed by atoms with E-state index in [0.717, 1.165) is 18.5 Å². The van der Waals surface area contributed by atoms with Gasteiger partial charge in [0.25, 0.3) is 0 Å². The second-order valence-electron chi connectivity index (χ2n) is 4.26. The average molecular weight is 205 g/mol. The Kier molecular flexibility index (Phi) is 3.75. The van der Waals surface area contributed by atoms with Crippen LogP contribution in [0.2, 0.25) is 0 Å². The van der Waals surface area contributed by atoms with E-state index >= 15 is 0 Å². The van der Waals surface area contributed by atoms with Crippen molar-refractivity contribution in [1.82, 2.24) is 4.90 Å². The molecule has 1 heterocycles. The van der Waals surface area contributed by atoms with E-state index in [1.165, 1.54) is 25.9 Å². The Hall–Kier alpha value is -0.860. The Balaban J connectivity index is 1.79. The van der Waals surface area contributed by atoms with Crippen molar-refractivity contribution < 1.29 is 5.11 Å². The fourth-order valence-electron chi connectivity index (χ4n) is 2.15. The van der Waals surface area contributed by atoms with E-state index in [-0.39, 0.29) is 6.10 Å². The first-order valence-corrected chi connectivity index (χ1v) is 5.81. The molecule has 0 saturated carbocycles. The van der Waals surface area contributed by atoms with Gasteiger partial charge in [-0.25, -0.2) is 0 Å². The lowest BCUT2D eigenvalue weighted by molar-refractivity contribution is 0.149. The van der Waals surface area contributed by atoms with E-state index in [2.05, 4.69) is 4.90 Å². The Morgan fingerprint density at radius 3 is 2.47 bits per heavy atom. The lowest BCUT2D eigenvalue weighted by Gasteiger charge is -2.17. The van der Waals surface area contributed by atoms with Crippen molar-refractivity contribution >= 4 is 0 Å². The molecule has 15 heavy (non-hydrogen) atoms. The van der Waals surface area contributed by atoms with E-state index in [4.69, 9.17) is 0 Å². The number of benzene rings is 1. The molecule has 1 atom stereocenters. The van der Waals surface area contributed by atoms with E-state index in [1.54, 1.807) is 0 Å². The summed E-state index contributed by atoms with van der Waals surface area (Å²) >= 11 is 0. The van der Waals surface area contributed by atoms with Gasteiger partial charge in [-0.05, 0) is 37.9 Å². The van der Waals surface area contributed by atoms with Crippen molar-refractivity contribution in [3.8, 4) is 0 Å². The smallest absolute Gasteiger partial charge is 0.0802 e. The lowest BCUT2D eigenvalue weighted by atomic mass is 10.1. The van der Waals surface area contributed by atoms with Crippen LogP contribution >= 0.6 is 0 Å². The molecule has 1 aliphatic rings. The summed E-state index contributed by atoms with van der Waals surface area (Å²) in [5.74, 6) is 0. The summed E-state index contributed by atoms with van der Waals surface area (Å²) in [7, 11) is 0. The van der Waals surface area contributed by atoms with Crippen LogP contribution in [-0.4, -0.2) is 29.6 Å². The van der Waals surface area contributed by atoms with Crippen LogP contribution in [0.25, 0.3) is 0 Å². The molecule has 0 aromatic heterocycles. The molecule has 1 fully saturated rings. The minimum Gasteiger partial charge on any atom is -0.388 e. The minimum absolute atomic E-state index is 0.299. The molecule has 2 heteroatoms. The molecule has 1 aromatic rings. The SMILES string of the molecule is O[C@H](CCN1CCCC1)c1ccccc1. The minimum atomic E-state index is -0.299. The highest BCUT2D eigenvalue weighted by Gasteiger charge is 2.13. The van der Waals surface area contributed by atoms with Crippen molar-refractivity contribution in [2.75, 3.05) is 19.6 Å². The molecular weight excluding hydrogens is 186 g/mol. The molecular formula is C13H19NO. The second-order valence-corrected chi connectivity index (χ2v) is 4.26. The van der Waals surface area contributed by atoms with Gasteiger partial charge >= 0.3 is 0 Å². The van der Waals surface area contributed by atoms with Crippen molar-refractivity contribution in [3.05, 3.63) is 35.9 Å². The van der Waals surface area contributed by atoms with Crippen LogP contribution in [0.4, 0.5) is 0 Å². The van der Waals surface area contributed by atoms with Crippen molar-refractivity contribution in [2.45, 2.75) is 25.4 Å². The van der Waals surface area contributed by atoms with Crippen LogP contribution in [0.5, 0.6) is 0 Å². The van der Waals surface area contributed by atoms with Crippen LogP contribution in [0.1, 0.15) is 30.9 Å². The normalized spacial score (nSPS) is 19.3. The molecule has 1 aliphatic heterocycles. The maximum atomic E-state index is 9.95. The number of rotatable bonds is 4. The fourth-order valence-corrected chi connectivity index (χ4v) is 2.15. The zero-order valence-electron chi connectivity index (χ0n) is 9.10. The third-order valence-electron chi connectivity index (χ3n) is 3.10. The number of likely N-dealkylation sites (tertiary alicyclic amines) is 1. The quantitative estimate of drug-likeness (QED) is 0.814. The van der Waals surface area contributed by atoms with Crippen LogP contribution in [0.3, 0.4) is 0 Å². The maximum absolute atomic E-state index is 9.95. The van der Waals surface area contributed by atoms with Gasteiger partial charge in [-0.1, -0.05) is 30.3 Å². The van der Waals surface area contributed by atoms with E-state index in [0.29, 0.717) is 0 Å². The van der Waals surface area contributed by atoms with E-state index in [9.17, 15) is 5.11 Å². The average Bonchev–Trinajstić information content (AvgIpc) is 2.80. The van der Waals surface area contributed by atoms with Crippen LogP contribution in [-0.2, 0) is 0 Å². The first kappa shape index (κ1) is 10.7. The Morgan fingerprint density at radius 2 is 1.80 bits per heavy atom. The number of aliphatic hydroxyl groups excluding tert-OH is 1. The molecule has 0 amide bonds. The molecule has 1 aromatic carbocycles. The molecule has 2 nitrogen and oxygen atoms in total. The zero-order chi connectivity index (χ0) is 10.5. The van der Waals surface area contributed by atoms with Gasteiger partial charge in [0.05, 0.1) is 6.10 Å². The summed E-state index contributed by atoms with van der Waals surface area (Å²) < 4.78 is 0. The van der Waals surface area contributed by atoms with Gasteiger partial charge in [-0.3, -0.25) is 0 Å². The van der Waals surface area contributed by atoms with Crippen molar-refractivity contribution in [2.24, 2.45) is 0 Å². The van der Waals surface area contributed by atoms with Crippen LogP contribution in [0.15, 0.2) is 30.3 Å². The van der Waals surface area contributed by atoms with Gasteiger partial charge < -0.3 is 10.0 Å². The first-order valence-electron chi connectivity index (χ1n) is 5.81. The van der Waals surface area contributed by atoms with Crippen LogP contribution in [0, 0.1) is 0 Å². The summed E-state index contributed by atoms with van der Waals surface area (Å²) in [5.41, 5.74) is 1.04. The Labute approximate surface area is 91.5 Å². The predicted octanol–water partition coefficient (Wildman–Crippen LogP) is 2.21. The monoisotopic (exact) mass is 205 g/mol. The molecule has 0 radical (unpaired) electrons. The fraction of sp³-hybridized carbons (Fsp3) is 0.538. The number of nitrogens with zero attached hydrogens (tertiary/aromatic N) is 1. The topological polar surface area (TPSA) is 23.5 Å². The number of aliphatic hydroxyl groups is 1. The van der Waals surface area contributed by atoms with E-state index < -0.39 is 0 Å². The third kappa shape index (κ3) is 3.05. The summed E-state index contributed by atoms with van der Waals surface area (Å²) in [5, 5.41) is 9.95. The molecule has 82 valence electrons. The third-order valence-corrected chi connectivity index (χ3v) is 3.10. The largest absolute Gasteiger partial charge is 0.388 e. The second kappa shape index (κ2) is 5.29. The number of hydrogen-bond donors (Lipinski definition) is 1. The van der Waals surface area contributed by atoms with Gasteiger partial charge in [0.1, 0.15) is 0 Å². The lowest BCUT2D eigenvalue weighted by Crippen LogP contribution is -2.22. The highest BCUT2D eigenvalue weighted by Crippen LogP contribution is 2.17. The van der Waals surface area contributed by atoms with E-state index in [1.807, 2.05) is 30.3 Å². The predicted molar refractivity (Wildman–Crippen MR) is 61.7 cm³/mol. The Morgan fingerprint density at radius 1 is 1.13 bits per heavy atom. The van der Waals surface area contributed by atoms with Crippen molar-refractivity contribution in [3.63, 3.8) is 0 Å². The molecule has 0 unspecified atom stereocenters. The number of hydrogen-bond acceptors (Lipinski definition) is 2. The van der Waals surface area contributed by atoms with Crippen LogP contribution < -0.4 is 0 Å². The maximum Gasteiger partial charge on any atom is 0.0802 e. The van der Waals surface area contributed by atoms with Crippen molar-refractivity contribution in [1.29, 1.82) is 0 Å². The summed E-state index contributed by atoms with van der Waals surface area (Å²) in [6, 6.07) is 9.93. The molecule has 1 saturated heterocycles. The highest BCUT2D eigenvalue weighted by atomic mass is 16.3. The van der Waals surface area contributed by atoms with Gasteiger partial charge in [0, 0.05) is 6.54 Å². The van der Waals surface area contributed by atoms with Gasteiger partial charge in [0.2, 0.25) is 0 Å². The Bertz CT molecular complexity index is 280. The van der Waals surface area contributed by atoms with Gasteiger partial charge in [-0.2, -0.15) is 0 Å². The molecule has 2 rings (SSSR count). The van der Waals surface area contributed by atoms with Gasteiger partial charge in [-0.15, -0.1) is 0 Å². The molecule has 0 bridgehead atoms. The highest BCUT2D eigenvalue weighted by molar-refractivity contribution is 5.17. The molecule has 0 aliphatic carbocycles. The van der Waals surface area contributed by atoms with Gasteiger partial charge in [0.15, 0.2) is 0 Å². The molecule has 0 spiro atoms.